The summed E-state index contributed by atoms with van der Waals surface area (Å²) < 4.78 is 0. The highest BCUT2D eigenvalue weighted by atomic mass is 14.9. The first kappa shape index (κ1) is 6.41. The van der Waals surface area contributed by atoms with Gasteiger partial charge in [-0.2, -0.15) is 0 Å². The third-order valence-corrected chi connectivity index (χ3v) is 2.93. The molecule has 10 heavy (non-hydrogen) atoms. The van der Waals surface area contributed by atoms with Crippen molar-refractivity contribution >= 4 is 0 Å². The minimum atomic E-state index is 0.546. The van der Waals surface area contributed by atoms with Crippen molar-refractivity contribution in [2.75, 3.05) is 6.54 Å². The Hall–Kier alpha value is -0.300. The Kier molecular flexibility index (Phi) is 1.19. The number of hydrogen-bond donors (Lipinski definition) is 1. The van der Waals surface area contributed by atoms with Gasteiger partial charge in [-0.3, -0.25) is 0 Å². The maximum atomic E-state index is 3.49. The van der Waals surface area contributed by atoms with Crippen molar-refractivity contribution in [3.05, 3.63) is 12.2 Å². The molecule has 2 unspecified atom stereocenters. The minimum absolute atomic E-state index is 0.546. The normalized spacial score (nSPS) is 42.2. The fourth-order valence-corrected chi connectivity index (χ4v) is 2.08. The summed E-state index contributed by atoms with van der Waals surface area (Å²) in [5.41, 5.74) is 0.546. The second-order valence-corrected chi connectivity index (χ2v) is 4.20. The molecule has 2 atom stereocenters. The lowest BCUT2D eigenvalue weighted by Gasteiger charge is -2.44. The van der Waals surface area contributed by atoms with Crippen LogP contribution in [0.3, 0.4) is 0 Å². The Morgan fingerprint density at radius 1 is 1.40 bits per heavy atom. The van der Waals surface area contributed by atoms with Crippen LogP contribution in [0.4, 0.5) is 0 Å². The zero-order valence-corrected chi connectivity index (χ0v) is 6.72. The molecule has 1 fully saturated rings. The van der Waals surface area contributed by atoms with Gasteiger partial charge in [0, 0.05) is 12.6 Å². The highest BCUT2D eigenvalue weighted by molar-refractivity contribution is 5.12. The van der Waals surface area contributed by atoms with Crippen molar-refractivity contribution in [3.8, 4) is 0 Å². The number of fused-ring (bicyclic) bond motifs is 2. The molecule has 0 aromatic rings. The van der Waals surface area contributed by atoms with Gasteiger partial charge in [0.2, 0.25) is 0 Å². The lowest BCUT2D eigenvalue weighted by atomic mass is 9.68. The second kappa shape index (κ2) is 1.85. The molecule has 0 saturated carbocycles. The van der Waals surface area contributed by atoms with E-state index in [1.165, 1.54) is 13.0 Å². The van der Waals surface area contributed by atoms with Gasteiger partial charge < -0.3 is 5.32 Å². The van der Waals surface area contributed by atoms with E-state index in [9.17, 15) is 0 Å². The van der Waals surface area contributed by atoms with Crippen molar-refractivity contribution in [1.82, 2.24) is 5.32 Å². The molecule has 3 rings (SSSR count). The van der Waals surface area contributed by atoms with Crippen molar-refractivity contribution in [1.29, 1.82) is 0 Å². The molecule has 2 aliphatic heterocycles. The highest BCUT2D eigenvalue weighted by Gasteiger charge is 2.37. The molecule has 1 saturated heterocycles. The minimum Gasteiger partial charge on any atom is -0.310 e. The van der Waals surface area contributed by atoms with Crippen LogP contribution in [0, 0.1) is 11.3 Å². The van der Waals surface area contributed by atoms with Crippen LogP contribution in [0.5, 0.6) is 0 Å². The van der Waals surface area contributed by atoms with Crippen molar-refractivity contribution in [3.63, 3.8) is 0 Å². The fourth-order valence-electron chi connectivity index (χ4n) is 2.08. The molecule has 3 aliphatic rings. The van der Waals surface area contributed by atoms with E-state index in [-0.39, 0.29) is 0 Å². The fraction of sp³-hybridized carbons (Fsp3) is 0.778. The van der Waals surface area contributed by atoms with Crippen LogP contribution in [0.15, 0.2) is 12.2 Å². The first-order valence-corrected chi connectivity index (χ1v) is 4.10. The van der Waals surface area contributed by atoms with Crippen LogP contribution < -0.4 is 5.32 Å². The SMILES string of the molecule is CC1(C)CC2C=CC1CN2. The molecule has 0 amide bonds. The van der Waals surface area contributed by atoms with Crippen molar-refractivity contribution in [2.24, 2.45) is 11.3 Å². The molecule has 1 nitrogen and oxygen atoms in total. The zero-order chi connectivity index (χ0) is 7.19. The van der Waals surface area contributed by atoms with E-state index in [4.69, 9.17) is 0 Å². The average Bonchev–Trinajstić information content (AvgIpc) is 1.87. The average molecular weight is 137 g/mol. The second-order valence-electron chi connectivity index (χ2n) is 4.20. The molecule has 2 bridgehead atoms. The maximum Gasteiger partial charge on any atom is 0.0255 e. The van der Waals surface area contributed by atoms with Crippen LogP contribution >= 0.6 is 0 Å². The summed E-state index contributed by atoms with van der Waals surface area (Å²) in [5, 5.41) is 3.49. The van der Waals surface area contributed by atoms with E-state index in [1.807, 2.05) is 0 Å². The van der Waals surface area contributed by atoms with Gasteiger partial charge >= 0.3 is 0 Å². The van der Waals surface area contributed by atoms with Gasteiger partial charge in [-0.25, -0.2) is 0 Å². The molecule has 0 spiro atoms. The Morgan fingerprint density at radius 2 is 2.20 bits per heavy atom. The molecule has 1 heteroatoms. The first-order chi connectivity index (χ1) is 4.68. The van der Waals surface area contributed by atoms with Crippen LogP contribution in [0.25, 0.3) is 0 Å². The summed E-state index contributed by atoms with van der Waals surface area (Å²) in [4.78, 5) is 0. The summed E-state index contributed by atoms with van der Waals surface area (Å²) in [7, 11) is 0. The van der Waals surface area contributed by atoms with Crippen LogP contribution in [0.1, 0.15) is 20.3 Å². The van der Waals surface area contributed by atoms with Crippen LogP contribution in [-0.2, 0) is 0 Å². The van der Waals surface area contributed by atoms with Gasteiger partial charge in [-0.05, 0) is 17.8 Å². The predicted octanol–water partition coefficient (Wildman–Crippen LogP) is 1.56. The number of rotatable bonds is 0. The van der Waals surface area contributed by atoms with Crippen molar-refractivity contribution < 1.29 is 0 Å². The molecule has 0 radical (unpaired) electrons. The molecule has 1 N–H and O–H groups in total. The van der Waals surface area contributed by atoms with Crippen LogP contribution in [0.2, 0.25) is 0 Å². The predicted molar refractivity (Wildman–Crippen MR) is 42.8 cm³/mol. The number of nitrogens with one attached hydrogen (secondary N) is 1. The maximum absolute atomic E-state index is 3.49. The van der Waals surface area contributed by atoms with Crippen molar-refractivity contribution in [2.45, 2.75) is 26.3 Å². The van der Waals surface area contributed by atoms with Gasteiger partial charge in [0.25, 0.3) is 0 Å². The number of piperidine rings is 1. The quantitative estimate of drug-likeness (QED) is 0.500. The lowest BCUT2D eigenvalue weighted by Crippen LogP contribution is -2.49. The summed E-state index contributed by atoms with van der Waals surface area (Å²) in [6.45, 7) is 5.93. The monoisotopic (exact) mass is 137 g/mol. The van der Waals surface area contributed by atoms with E-state index in [0.29, 0.717) is 11.5 Å². The Bertz CT molecular complexity index is 170. The van der Waals surface area contributed by atoms with Gasteiger partial charge in [0.1, 0.15) is 0 Å². The third-order valence-electron chi connectivity index (χ3n) is 2.93. The topological polar surface area (TPSA) is 12.0 Å². The summed E-state index contributed by atoms with van der Waals surface area (Å²) in [5.74, 6) is 0.775. The smallest absolute Gasteiger partial charge is 0.0255 e. The third kappa shape index (κ3) is 0.807. The standard InChI is InChI=1S/C9H15N/c1-9(2)5-8-4-3-7(9)6-10-8/h3-4,7-8,10H,5-6H2,1-2H3. The zero-order valence-electron chi connectivity index (χ0n) is 6.72. The van der Waals surface area contributed by atoms with E-state index in [2.05, 4.69) is 31.3 Å². The molecule has 0 aromatic heterocycles. The summed E-state index contributed by atoms with van der Waals surface area (Å²) in [6.07, 6.45) is 6.01. The summed E-state index contributed by atoms with van der Waals surface area (Å²) in [6, 6.07) is 0.667. The van der Waals surface area contributed by atoms with Gasteiger partial charge in [-0.15, -0.1) is 0 Å². The summed E-state index contributed by atoms with van der Waals surface area (Å²) >= 11 is 0. The van der Waals surface area contributed by atoms with Crippen LogP contribution in [-0.4, -0.2) is 12.6 Å². The largest absolute Gasteiger partial charge is 0.310 e. The molecule has 1 aliphatic carbocycles. The molecule has 56 valence electrons. The van der Waals surface area contributed by atoms with E-state index < -0.39 is 0 Å². The molecular weight excluding hydrogens is 122 g/mol. The van der Waals surface area contributed by atoms with E-state index >= 15 is 0 Å². The van der Waals surface area contributed by atoms with E-state index in [0.717, 1.165) is 5.92 Å². The molecule has 2 heterocycles. The highest BCUT2D eigenvalue weighted by Crippen LogP contribution is 2.39. The lowest BCUT2D eigenvalue weighted by molar-refractivity contribution is 0.154. The van der Waals surface area contributed by atoms with Gasteiger partial charge in [0.05, 0.1) is 0 Å². The molecule has 0 aromatic carbocycles. The van der Waals surface area contributed by atoms with Gasteiger partial charge in [-0.1, -0.05) is 26.0 Å². The first-order valence-electron chi connectivity index (χ1n) is 4.10. The van der Waals surface area contributed by atoms with Gasteiger partial charge in [0.15, 0.2) is 0 Å². The van der Waals surface area contributed by atoms with E-state index in [1.54, 1.807) is 0 Å². The molecular formula is C9H15N. The Morgan fingerprint density at radius 3 is 2.40 bits per heavy atom. The Labute approximate surface area is 62.5 Å². The number of hydrogen-bond acceptors (Lipinski definition) is 1. The Balaban J connectivity index is 2.27.